The third-order valence-corrected chi connectivity index (χ3v) is 2.99. The Morgan fingerprint density at radius 1 is 0.938 bits per heavy atom. The van der Waals surface area contributed by atoms with Crippen molar-refractivity contribution < 1.29 is 5.11 Å². The van der Waals surface area contributed by atoms with Gasteiger partial charge in [0.15, 0.2) is 0 Å². The van der Waals surface area contributed by atoms with Gasteiger partial charge in [0.1, 0.15) is 0 Å². The molecular weight excluding hydrogens is 243 g/mol. The summed E-state index contributed by atoms with van der Waals surface area (Å²) in [5, 5.41) is 10.3. The molecule has 2 aromatic carbocycles. The third kappa shape index (κ3) is 2.22. The predicted octanol–water partition coefficient (Wildman–Crippen LogP) is 4.15. The van der Waals surface area contributed by atoms with Crippen LogP contribution < -0.4 is 0 Å². The van der Waals surface area contributed by atoms with Crippen molar-refractivity contribution in [2.45, 2.75) is 6.61 Å². The Kier molecular flexibility index (Phi) is 3.49. The molecule has 0 aliphatic heterocycles. The fourth-order valence-electron chi connectivity index (χ4n) is 1.60. The van der Waals surface area contributed by atoms with Crippen molar-refractivity contribution in [3.63, 3.8) is 0 Å². The van der Waals surface area contributed by atoms with E-state index in [0.717, 1.165) is 16.7 Å². The first kappa shape index (κ1) is 11.5. The molecule has 3 heteroatoms. The van der Waals surface area contributed by atoms with Crippen LogP contribution in [0.3, 0.4) is 0 Å². The number of aliphatic hydroxyl groups is 1. The van der Waals surface area contributed by atoms with Gasteiger partial charge in [0.05, 0.1) is 6.61 Å². The minimum atomic E-state index is 0.00983. The van der Waals surface area contributed by atoms with Crippen LogP contribution in [0, 0.1) is 0 Å². The van der Waals surface area contributed by atoms with Gasteiger partial charge in [0.25, 0.3) is 0 Å². The Balaban J connectivity index is 2.58. The molecule has 0 atom stereocenters. The number of hydrogen-bond donors (Lipinski definition) is 1. The van der Waals surface area contributed by atoms with E-state index < -0.39 is 0 Å². The van der Waals surface area contributed by atoms with Crippen LogP contribution in [0.25, 0.3) is 11.1 Å². The molecule has 2 aromatic rings. The van der Waals surface area contributed by atoms with Crippen LogP contribution in [0.1, 0.15) is 5.56 Å². The quantitative estimate of drug-likeness (QED) is 0.852. The highest BCUT2D eigenvalue weighted by atomic mass is 35.5. The van der Waals surface area contributed by atoms with Crippen molar-refractivity contribution in [1.82, 2.24) is 0 Å². The lowest BCUT2D eigenvalue weighted by Gasteiger charge is -2.08. The van der Waals surface area contributed by atoms with E-state index >= 15 is 0 Å². The summed E-state index contributed by atoms with van der Waals surface area (Å²) < 4.78 is 0. The van der Waals surface area contributed by atoms with E-state index in [9.17, 15) is 0 Å². The molecule has 0 amide bonds. The maximum atomic E-state index is 9.08. The van der Waals surface area contributed by atoms with Gasteiger partial charge in [-0.2, -0.15) is 0 Å². The lowest BCUT2D eigenvalue weighted by molar-refractivity contribution is 0.282. The van der Waals surface area contributed by atoms with Gasteiger partial charge in [0.2, 0.25) is 0 Å². The Morgan fingerprint density at radius 3 is 2.19 bits per heavy atom. The zero-order valence-electron chi connectivity index (χ0n) is 8.45. The molecule has 0 saturated heterocycles. The zero-order valence-corrected chi connectivity index (χ0v) is 9.96. The van der Waals surface area contributed by atoms with E-state index in [1.165, 1.54) is 0 Å². The highest BCUT2D eigenvalue weighted by molar-refractivity contribution is 6.39. The fraction of sp³-hybridized carbons (Fsp3) is 0.0769. The monoisotopic (exact) mass is 252 g/mol. The number of benzene rings is 2. The van der Waals surface area contributed by atoms with Crippen molar-refractivity contribution in [2.24, 2.45) is 0 Å². The van der Waals surface area contributed by atoms with Gasteiger partial charge in [-0.3, -0.25) is 0 Å². The maximum absolute atomic E-state index is 9.08. The molecule has 0 aliphatic rings. The number of halogens is 2. The van der Waals surface area contributed by atoms with Crippen molar-refractivity contribution in [2.75, 3.05) is 0 Å². The number of hydrogen-bond acceptors (Lipinski definition) is 1. The largest absolute Gasteiger partial charge is 0.392 e. The first-order valence-electron chi connectivity index (χ1n) is 4.86. The molecule has 1 nitrogen and oxygen atoms in total. The van der Waals surface area contributed by atoms with E-state index in [0.29, 0.717) is 10.0 Å². The molecule has 0 bridgehead atoms. The molecule has 0 unspecified atom stereocenters. The van der Waals surface area contributed by atoms with Crippen molar-refractivity contribution in [3.8, 4) is 11.1 Å². The Labute approximate surface area is 104 Å². The van der Waals surface area contributed by atoms with Crippen LogP contribution in [0.2, 0.25) is 10.0 Å². The summed E-state index contributed by atoms with van der Waals surface area (Å²) in [6, 6.07) is 12.9. The van der Waals surface area contributed by atoms with E-state index in [1.54, 1.807) is 12.1 Å². The van der Waals surface area contributed by atoms with Crippen molar-refractivity contribution in [1.29, 1.82) is 0 Å². The molecule has 16 heavy (non-hydrogen) atoms. The van der Waals surface area contributed by atoms with Gasteiger partial charge in [-0.15, -0.1) is 0 Å². The van der Waals surface area contributed by atoms with Crippen LogP contribution in [0.5, 0.6) is 0 Å². The average Bonchev–Trinajstić information content (AvgIpc) is 2.29. The first-order valence-corrected chi connectivity index (χ1v) is 5.62. The second kappa shape index (κ2) is 4.88. The van der Waals surface area contributed by atoms with Gasteiger partial charge in [-0.1, -0.05) is 47.5 Å². The van der Waals surface area contributed by atoms with E-state index in [-0.39, 0.29) is 6.61 Å². The van der Waals surface area contributed by atoms with Gasteiger partial charge in [-0.25, -0.2) is 0 Å². The fourth-order valence-corrected chi connectivity index (χ4v) is 2.21. The van der Waals surface area contributed by atoms with Crippen LogP contribution in [-0.2, 0) is 6.61 Å². The summed E-state index contributed by atoms with van der Waals surface area (Å²) in [5.74, 6) is 0. The van der Waals surface area contributed by atoms with Gasteiger partial charge in [0, 0.05) is 15.6 Å². The van der Waals surface area contributed by atoms with E-state index in [2.05, 4.69) is 0 Å². The molecule has 0 saturated carbocycles. The van der Waals surface area contributed by atoms with Crippen LogP contribution in [-0.4, -0.2) is 5.11 Å². The molecule has 0 radical (unpaired) electrons. The van der Waals surface area contributed by atoms with Crippen LogP contribution in [0.15, 0.2) is 42.5 Å². The minimum Gasteiger partial charge on any atom is -0.392 e. The average molecular weight is 253 g/mol. The normalized spacial score (nSPS) is 10.4. The minimum absolute atomic E-state index is 0.00983. The van der Waals surface area contributed by atoms with Crippen LogP contribution in [0.4, 0.5) is 0 Å². The van der Waals surface area contributed by atoms with E-state index in [4.69, 9.17) is 28.3 Å². The molecule has 0 aromatic heterocycles. The van der Waals surface area contributed by atoms with Crippen LogP contribution >= 0.6 is 23.2 Å². The second-order valence-electron chi connectivity index (χ2n) is 3.46. The van der Waals surface area contributed by atoms with Crippen molar-refractivity contribution >= 4 is 23.2 Å². The molecule has 0 heterocycles. The molecule has 2 rings (SSSR count). The molecule has 0 aliphatic carbocycles. The lowest BCUT2D eigenvalue weighted by Crippen LogP contribution is -1.86. The Bertz CT molecular complexity index is 489. The highest BCUT2D eigenvalue weighted by Crippen LogP contribution is 2.34. The molecular formula is C13H10Cl2O. The van der Waals surface area contributed by atoms with Gasteiger partial charge >= 0.3 is 0 Å². The zero-order chi connectivity index (χ0) is 11.5. The highest BCUT2D eigenvalue weighted by Gasteiger charge is 2.08. The second-order valence-corrected chi connectivity index (χ2v) is 4.27. The smallest absolute Gasteiger partial charge is 0.0682 e. The Morgan fingerprint density at radius 2 is 1.56 bits per heavy atom. The molecule has 0 spiro atoms. The Hall–Kier alpha value is -1.02. The van der Waals surface area contributed by atoms with Crippen molar-refractivity contribution in [3.05, 3.63) is 58.1 Å². The third-order valence-electron chi connectivity index (χ3n) is 2.36. The van der Waals surface area contributed by atoms with Gasteiger partial charge in [-0.05, 0) is 29.3 Å². The summed E-state index contributed by atoms with van der Waals surface area (Å²) in [6.07, 6.45) is 0. The topological polar surface area (TPSA) is 20.2 Å². The summed E-state index contributed by atoms with van der Waals surface area (Å²) >= 11 is 12.2. The van der Waals surface area contributed by atoms with E-state index in [1.807, 2.05) is 30.3 Å². The molecule has 0 fully saturated rings. The van der Waals surface area contributed by atoms with Gasteiger partial charge < -0.3 is 5.11 Å². The maximum Gasteiger partial charge on any atom is 0.0682 e. The molecule has 1 N–H and O–H groups in total. The lowest BCUT2D eigenvalue weighted by atomic mass is 10.0. The number of aliphatic hydroxyl groups excluding tert-OH is 1. The first-order chi connectivity index (χ1) is 7.72. The molecule has 82 valence electrons. The summed E-state index contributed by atoms with van der Waals surface area (Å²) in [7, 11) is 0. The standard InChI is InChI=1S/C13H10Cl2O/c14-11-5-2-6-12(15)13(11)10-4-1-3-9(7-10)8-16/h1-7,16H,8H2. The summed E-state index contributed by atoms with van der Waals surface area (Å²) in [5.41, 5.74) is 2.57. The SMILES string of the molecule is OCc1cccc(-c2c(Cl)cccc2Cl)c1. The summed E-state index contributed by atoms with van der Waals surface area (Å²) in [4.78, 5) is 0. The predicted molar refractivity (Wildman–Crippen MR) is 67.8 cm³/mol. The number of rotatable bonds is 2. The summed E-state index contributed by atoms with van der Waals surface area (Å²) in [6.45, 7) is 0.00983.